The van der Waals surface area contributed by atoms with Gasteiger partial charge >= 0.3 is 0 Å². The molecule has 1 aliphatic carbocycles. The molecule has 0 atom stereocenters. The zero-order valence-electron chi connectivity index (χ0n) is 18.6. The Balaban J connectivity index is 1.36. The molecule has 1 aromatic carbocycles. The van der Waals surface area contributed by atoms with Crippen molar-refractivity contribution in [3.05, 3.63) is 56.7 Å². The first-order chi connectivity index (χ1) is 16.5. The molecular formula is C23H23ClN6O2S2. The monoisotopic (exact) mass is 514 g/mol. The van der Waals surface area contributed by atoms with Gasteiger partial charge in [-0.05, 0) is 50.3 Å². The highest BCUT2D eigenvalue weighted by Crippen LogP contribution is 2.37. The number of aryl methyl sites for hydroxylation is 1. The Kier molecular flexibility index (Phi) is 7.88. The van der Waals surface area contributed by atoms with Gasteiger partial charge in [-0.15, -0.1) is 21.5 Å². The molecule has 0 radical (unpaired) electrons. The van der Waals surface area contributed by atoms with E-state index in [1.807, 2.05) is 11.5 Å². The van der Waals surface area contributed by atoms with E-state index >= 15 is 0 Å². The summed E-state index contributed by atoms with van der Waals surface area (Å²) in [7, 11) is 0. The van der Waals surface area contributed by atoms with Gasteiger partial charge in [-0.25, -0.2) is 0 Å². The Hall–Kier alpha value is -2.87. The molecule has 0 aliphatic heterocycles. The summed E-state index contributed by atoms with van der Waals surface area (Å²) in [6.45, 7) is 2.72. The van der Waals surface area contributed by atoms with Crippen LogP contribution in [0.25, 0.3) is 0 Å². The van der Waals surface area contributed by atoms with Gasteiger partial charge in [0.15, 0.2) is 11.0 Å². The van der Waals surface area contributed by atoms with Crippen LogP contribution in [0.4, 0.5) is 5.00 Å². The first kappa shape index (κ1) is 24.3. The van der Waals surface area contributed by atoms with Gasteiger partial charge in [-0.1, -0.05) is 35.5 Å². The summed E-state index contributed by atoms with van der Waals surface area (Å²) in [6, 6.07) is 9.10. The van der Waals surface area contributed by atoms with Crippen molar-refractivity contribution in [3.8, 4) is 6.07 Å². The minimum atomic E-state index is -0.295. The topological polar surface area (TPSA) is 113 Å². The van der Waals surface area contributed by atoms with Gasteiger partial charge in [0.1, 0.15) is 11.1 Å². The highest BCUT2D eigenvalue weighted by Gasteiger charge is 2.22. The third-order valence-corrected chi connectivity index (χ3v) is 8.01. The quantitative estimate of drug-likeness (QED) is 0.430. The van der Waals surface area contributed by atoms with E-state index in [9.17, 15) is 14.9 Å². The molecule has 34 heavy (non-hydrogen) atoms. The van der Waals surface area contributed by atoms with Gasteiger partial charge in [0, 0.05) is 11.4 Å². The number of nitrogens with one attached hydrogen (secondary N) is 2. The third-order valence-electron chi connectivity index (χ3n) is 5.50. The maximum Gasteiger partial charge on any atom is 0.253 e. The molecule has 0 unspecified atom stereocenters. The van der Waals surface area contributed by atoms with Crippen molar-refractivity contribution in [1.82, 2.24) is 20.1 Å². The lowest BCUT2D eigenvalue weighted by molar-refractivity contribution is -0.113. The Bertz CT molecular complexity index is 1260. The number of carbonyl (C=O) groups is 2. The minimum absolute atomic E-state index is 0.136. The lowest BCUT2D eigenvalue weighted by Gasteiger charge is -2.09. The third kappa shape index (κ3) is 5.27. The molecule has 0 saturated heterocycles. The molecule has 0 fully saturated rings. The van der Waals surface area contributed by atoms with Crippen LogP contribution in [-0.4, -0.2) is 32.3 Å². The summed E-state index contributed by atoms with van der Waals surface area (Å²) >= 11 is 8.87. The van der Waals surface area contributed by atoms with Crippen LogP contribution >= 0.6 is 34.7 Å². The van der Waals surface area contributed by atoms with E-state index < -0.39 is 0 Å². The number of thiophene rings is 1. The number of nitriles is 1. The van der Waals surface area contributed by atoms with Crippen LogP contribution in [0, 0.1) is 11.3 Å². The van der Waals surface area contributed by atoms with E-state index in [4.69, 9.17) is 11.6 Å². The average molecular weight is 515 g/mol. The lowest BCUT2D eigenvalue weighted by atomic mass is 9.96. The van der Waals surface area contributed by atoms with Gasteiger partial charge in [-0.2, -0.15) is 5.26 Å². The van der Waals surface area contributed by atoms with Crippen molar-refractivity contribution in [2.24, 2.45) is 0 Å². The van der Waals surface area contributed by atoms with Crippen molar-refractivity contribution >= 4 is 51.5 Å². The van der Waals surface area contributed by atoms with Gasteiger partial charge in [0.05, 0.1) is 28.4 Å². The normalized spacial score (nSPS) is 12.6. The number of aromatic nitrogens is 3. The number of fused-ring (bicyclic) bond motifs is 1. The number of carbonyl (C=O) groups excluding carboxylic acids is 2. The van der Waals surface area contributed by atoms with Crippen LogP contribution in [0.15, 0.2) is 29.4 Å². The molecule has 0 spiro atoms. The average Bonchev–Trinajstić information content (AvgIpc) is 3.41. The van der Waals surface area contributed by atoms with E-state index in [-0.39, 0.29) is 24.1 Å². The van der Waals surface area contributed by atoms with E-state index in [2.05, 4.69) is 26.9 Å². The molecule has 2 N–H and O–H groups in total. The Morgan fingerprint density at radius 1 is 1.26 bits per heavy atom. The van der Waals surface area contributed by atoms with Crippen molar-refractivity contribution in [1.29, 1.82) is 5.26 Å². The summed E-state index contributed by atoms with van der Waals surface area (Å²) in [4.78, 5) is 26.2. The second-order valence-corrected chi connectivity index (χ2v) is 10.1. The van der Waals surface area contributed by atoms with Crippen molar-refractivity contribution in [2.45, 2.75) is 50.9 Å². The Labute approximate surface area is 210 Å². The zero-order chi connectivity index (χ0) is 24.1. The SMILES string of the molecule is CCn1c(CNC(=O)c2ccccc2Cl)nnc1SCC(=O)Nc1sc2c(c1C#N)CCCC2. The smallest absolute Gasteiger partial charge is 0.253 e. The van der Waals surface area contributed by atoms with Crippen molar-refractivity contribution in [3.63, 3.8) is 0 Å². The molecule has 0 saturated carbocycles. The fraction of sp³-hybridized carbons (Fsp3) is 0.348. The summed E-state index contributed by atoms with van der Waals surface area (Å²) in [6.07, 6.45) is 4.06. The second kappa shape index (κ2) is 11.0. The minimum Gasteiger partial charge on any atom is -0.345 e. The van der Waals surface area contributed by atoms with Crippen molar-refractivity contribution in [2.75, 3.05) is 11.1 Å². The predicted octanol–water partition coefficient (Wildman–Crippen LogP) is 4.42. The number of benzene rings is 1. The summed E-state index contributed by atoms with van der Waals surface area (Å²) in [5.41, 5.74) is 2.09. The number of amides is 2. The van der Waals surface area contributed by atoms with Gasteiger partial charge in [-0.3, -0.25) is 9.59 Å². The van der Waals surface area contributed by atoms with Crippen LogP contribution < -0.4 is 10.6 Å². The molecule has 2 heterocycles. The van der Waals surface area contributed by atoms with Crippen LogP contribution in [0.3, 0.4) is 0 Å². The number of thioether (sulfide) groups is 1. The van der Waals surface area contributed by atoms with Crippen LogP contribution in [-0.2, 0) is 30.7 Å². The Morgan fingerprint density at radius 3 is 2.82 bits per heavy atom. The predicted molar refractivity (Wildman–Crippen MR) is 133 cm³/mol. The van der Waals surface area contributed by atoms with Gasteiger partial charge in [0.25, 0.3) is 5.91 Å². The molecule has 0 bridgehead atoms. The highest BCUT2D eigenvalue weighted by molar-refractivity contribution is 7.99. The number of anilines is 1. The molecule has 3 aromatic rings. The molecule has 11 heteroatoms. The van der Waals surface area contributed by atoms with Crippen LogP contribution in [0.2, 0.25) is 5.02 Å². The van der Waals surface area contributed by atoms with E-state index in [1.54, 1.807) is 24.3 Å². The first-order valence-electron chi connectivity index (χ1n) is 10.9. The maximum absolute atomic E-state index is 12.6. The summed E-state index contributed by atoms with van der Waals surface area (Å²) in [5.74, 6) is 0.233. The fourth-order valence-corrected chi connectivity index (χ4v) is 6.14. The number of nitrogens with zero attached hydrogens (tertiary/aromatic N) is 4. The second-order valence-electron chi connectivity index (χ2n) is 7.67. The highest BCUT2D eigenvalue weighted by atomic mass is 35.5. The van der Waals surface area contributed by atoms with E-state index in [0.717, 1.165) is 31.2 Å². The number of hydrogen-bond donors (Lipinski definition) is 2. The molecule has 2 amide bonds. The van der Waals surface area contributed by atoms with Gasteiger partial charge in [0.2, 0.25) is 5.91 Å². The van der Waals surface area contributed by atoms with Crippen molar-refractivity contribution < 1.29 is 9.59 Å². The number of rotatable bonds is 8. The largest absolute Gasteiger partial charge is 0.345 e. The number of hydrogen-bond acceptors (Lipinski definition) is 7. The summed E-state index contributed by atoms with van der Waals surface area (Å²) in [5, 5.41) is 25.3. The molecule has 1 aliphatic rings. The molecule has 2 aromatic heterocycles. The van der Waals surface area contributed by atoms with Crippen LogP contribution in [0.1, 0.15) is 52.0 Å². The van der Waals surface area contributed by atoms with Gasteiger partial charge < -0.3 is 15.2 Å². The fourth-order valence-electron chi connectivity index (χ4n) is 3.84. The lowest BCUT2D eigenvalue weighted by Crippen LogP contribution is -2.25. The molecule has 176 valence electrons. The first-order valence-corrected chi connectivity index (χ1v) is 13.1. The van der Waals surface area contributed by atoms with E-state index in [1.165, 1.54) is 28.0 Å². The molecule has 4 rings (SSSR count). The van der Waals surface area contributed by atoms with Crippen LogP contribution in [0.5, 0.6) is 0 Å². The molecular weight excluding hydrogens is 492 g/mol. The zero-order valence-corrected chi connectivity index (χ0v) is 20.9. The summed E-state index contributed by atoms with van der Waals surface area (Å²) < 4.78 is 1.86. The Morgan fingerprint density at radius 2 is 2.06 bits per heavy atom. The maximum atomic E-state index is 12.6. The molecule has 8 nitrogen and oxygen atoms in total. The number of halogens is 1. The standard InChI is InChI=1S/C23H23ClN6O2S2/c1-2-30-19(12-26-21(32)15-8-3-5-9-17(15)24)28-29-23(30)33-13-20(31)27-22-16(11-25)14-7-4-6-10-18(14)34-22/h3,5,8-9H,2,4,6-7,10,12-13H2,1H3,(H,26,32)(H,27,31). The van der Waals surface area contributed by atoms with E-state index in [0.29, 0.717) is 38.7 Å².